The van der Waals surface area contributed by atoms with Crippen LogP contribution >= 0.6 is 0 Å². The molecule has 1 saturated heterocycles. The van der Waals surface area contributed by atoms with E-state index in [1.165, 1.54) is 0 Å². The Labute approximate surface area is 101 Å². The first kappa shape index (κ1) is 13.9. The zero-order chi connectivity index (χ0) is 12.5. The van der Waals surface area contributed by atoms with Crippen molar-refractivity contribution in [3.8, 4) is 0 Å². The first-order chi connectivity index (χ1) is 8.18. The Morgan fingerprint density at radius 3 is 2.59 bits per heavy atom. The summed E-state index contributed by atoms with van der Waals surface area (Å²) in [6.07, 6.45) is 1.05. The number of carboxylic acids is 1. The molecule has 17 heavy (non-hydrogen) atoms. The van der Waals surface area contributed by atoms with Gasteiger partial charge in [0.15, 0.2) is 0 Å². The number of aliphatic carboxylic acids is 1. The van der Waals surface area contributed by atoms with Crippen molar-refractivity contribution in [2.45, 2.75) is 19.3 Å². The standard InChI is InChI=1S/C11H20N2O4/c14-10(12-4-1-2-11(15)16)3-5-13-6-8-17-9-7-13/h1-9H2,(H,12,14)(H,15,16). The molecule has 1 fully saturated rings. The van der Waals surface area contributed by atoms with Crippen LogP contribution in [0.4, 0.5) is 0 Å². The van der Waals surface area contributed by atoms with Crippen molar-refractivity contribution in [3.05, 3.63) is 0 Å². The van der Waals surface area contributed by atoms with Crippen molar-refractivity contribution in [1.29, 1.82) is 0 Å². The average molecular weight is 244 g/mol. The summed E-state index contributed by atoms with van der Waals surface area (Å²) in [7, 11) is 0. The topological polar surface area (TPSA) is 78.9 Å². The van der Waals surface area contributed by atoms with E-state index in [9.17, 15) is 9.59 Å². The maximum atomic E-state index is 11.4. The molecule has 0 aromatic rings. The van der Waals surface area contributed by atoms with Gasteiger partial charge < -0.3 is 15.2 Å². The zero-order valence-corrected chi connectivity index (χ0v) is 9.98. The van der Waals surface area contributed by atoms with Gasteiger partial charge in [0.1, 0.15) is 0 Å². The zero-order valence-electron chi connectivity index (χ0n) is 9.98. The van der Waals surface area contributed by atoms with Gasteiger partial charge in [-0.2, -0.15) is 0 Å². The third-order valence-electron chi connectivity index (χ3n) is 2.65. The molecule has 1 aliphatic heterocycles. The van der Waals surface area contributed by atoms with Gasteiger partial charge in [-0.1, -0.05) is 0 Å². The van der Waals surface area contributed by atoms with Crippen LogP contribution in [0.3, 0.4) is 0 Å². The molecular formula is C11H20N2O4. The first-order valence-corrected chi connectivity index (χ1v) is 5.97. The molecule has 0 radical (unpaired) electrons. The quantitative estimate of drug-likeness (QED) is 0.601. The van der Waals surface area contributed by atoms with Crippen LogP contribution in [-0.4, -0.2) is 61.3 Å². The van der Waals surface area contributed by atoms with Crippen LogP contribution in [0, 0.1) is 0 Å². The summed E-state index contributed by atoms with van der Waals surface area (Å²) < 4.78 is 5.21. The van der Waals surface area contributed by atoms with Gasteiger partial charge in [-0.3, -0.25) is 14.5 Å². The fraction of sp³-hybridized carbons (Fsp3) is 0.818. The second kappa shape index (κ2) is 8.03. The summed E-state index contributed by atoms with van der Waals surface area (Å²) in [5, 5.41) is 11.1. The van der Waals surface area contributed by atoms with Gasteiger partial charge in [0.05, 0.1) is 13.2 Å². The van der Waals surface area contributed by atoms with Crippen LogP contribution in [0.1, 0.15) is 19.3 Å². The molecule has 0 spiro atoms. The Bertz CT molecular complexity index is 252. The Morgan fingerprint density at radius 1 is 1.24 bits per heavy atom. The van der Waals surface area contributed by atoms with E-state index in [1.807, 2.05) is 0 Å². The molecule has 6 heteroatoms. The second-order valence-electron chi connectivity index (χ2n) is 4.05. The summed E-state index contributed by atoms with van der Waals surface area (Å²) in [6, 6.07) is 0. The van der Waals surface area contributed by atoms with E-state index in [-0.39, 0.29) is 12.3 Å². The Hall–Kier alpha value is -1.14. The molecule has 1 amide bonds. The molecule has 0 saturated carbocycles. The Balaban J connectivity index is 1.98. The molecule has 1 rings (SSSR count). The number of nitrogens with one attached hydrogen (secondary N) is 1. The van der Waals surface area contributed by atoms with E-state index >= 15 is 0 Å². The molecule has 0 aromatic heterocycles. The predicted molar refractivity (Wildman–Crippen MR) is 61.8 cm³/mol. The SMILES string of the molecule is O=C(O)CCCNC(=O)CCN1CCOCC1. The van der Waals surface area contributed by atoms with E-state index < -0.39 is 5.97 Å². The van der Waals surface area contributed by atoms with Crippen LogP contribution in [0.15, 0.2) is 0 Å². The summed E-state index contributed by atoms with van der Waals surface area (Å²) in [4.78, 5) is 23.9. The van der Waals surface area contributed by atoms with Gasteiger partial charge >= 0.3 is 5.97 Å². The highest BCUT2D eigenvalue weighted by atomic mass is 16.5. The predicted octanol–water partition coefficient (Wildman–Crippen LogP) is -0.310. The van der Waals surface area contributed by atoms with Gasteiger partial charge in [0, 0.05) is 39.0 Å². The Kier molecular flexibility index (Phi) is 6.57. The number of carbonyl (C=O) groups is 2. The van der Waals surface area contributed by atoms with Gasteiger partial charge in [-0.25, -0.2) is 0 Å². The van der Waals surface area contributed by atoms with Crippen molar-refractivity contribution in [3.63, 3.8) is 0 Å². The third-order valence-corrected chi connectivity index (χ3v) is 2.65. The minimum Gasteiger partial charge on any atom is -0.481 e. The molecule has 98 valence electrons. The number of amides is 1. The normalized spacial score (nSPS) is 16.7. The minimum absolute atomic E-state index is 0.0121. The molecule has 1 aliphatic rings. The monoisotopic (exact) mass is 244 g/mol. The van der Waals surface area contributed by atoms with Crippen LogP contribution in [0.25, 0.3) is 0 Å². The van der Waals surface area contributed by atoms with Crippen molar-refractivity contribution in [2.24, 2.45) is 0 Å². The van der Waals surface area contributed by atoms with E-state index in [0.29, 0.717) is 19.4 Å². The average Bonchev–Trinajstić information content (AvgIpc) is 2.33. The smallest absolute Gasteiger partial charge is 0.303 e. The molecule has 6 nitrogen and oxygen atoms in total. The van der Waals surface area contributed by atoms with Crippen molar-refractivity contribution in [2.75, 3.05) is 39.4 Å². The lowest BCUT2D eigenvalue weighted by Gasteiger charge is -2.26. The minimum atomic E-state index is -0.826. The van der Waals surface area contributed by atoms with Crippen molar-refractivity contribution >= 4 is 11.9 Å². The first-order valence-electron chi connectivity index (χ1n) is 5.97. The molecule has 0 atom stereocenters. The maximum absolute atomic E-state index is 11.4. The number of hydrogen-bond acceptors (Lipinski definition) is 4. The van der Waals surface area contributed by atoms with Crippen molar-refractivity contribution in [1.82, 2.24) is 10.2 Å². The van der Waals surface area contributed by atoms with E-state index in [2.05, 4.69) is 10.2 Å². The fourth-order valence-corrected chi connectivity index (χ4v) is 1.64. The number of morpholine rings is 1. The number of nitrogens with zero attached hydrogens (tertiary/aromatic N) is 1. The number of rotatable bonds is 7. The molecule has 1 heterocycles. The lowest BCUT2D eigenvalue weighted by Crippen LogP contribution is -2.38. The highest BCUT2D eigenvalue weighted by Crippen LogP contribution is 1.97. The highest BCUT2D eigenvalue weighted by molar-refractivity contribution is 5.76. The summed E-state index contributed by atoms with van der Waals surface area (Å²) in [5.74, 6) is -0.838. The summed E-state index contributed by atoms with van der Waals surface area (Å²) >= 11 is 0. The van der Waals surface area contributed by atoms with Crippen LogP contribution in [0.2, 0.25) is 0 Å². The van der Waals surface area contributed by atoms with Crippen LogP contribution < -0.4 is 5.32 Å². The number of carbonyl (C=O) groups excluding carboxylic acids is 1. The lowest BCUT2D eigenvalue weighted by atomic mass is 10.3. The molecule has 0 aromatic carbocycles. The number of hydrogen-bond donors (Lipinski definition) is 2. The molecule has 0 aliphatic carbocycles. The lowest BCUT2D eigenvalue weighted by molar-refractivity contribution is -0.137. The van der Waals surface area contributed by atoms with Crippen LogP contribution in [-0.2, 0) is 14.3 Å². The van der Waals surface area contributed by atoms with Gasteiger partial charge in [-0.15, -0.1) is 0 Å². The fourth-order valence-electron chi connectivity index (χ4n) is 1.64. The van der Waals surface area contributed by atoms with E-state index in [1.54, 1.807) is 0 Å². The third kappa shape index (κ3) is 6.91. The number of ether oxygens (including phenoxy) is 1. The molecular weight excluding hydrogens is 224 g/mol. The molecule has 0 bridgehead atoms. The van der Waals surface area contributed by atoms with E-state index in [4.69, 9.17) is 9.84 Å². The Morgan fingerprint density at radius 2 is 1.94 bits per heavy atom. The molecule has 0 unspecified atom stereocenters. The van der Waals surface area contributed by atoms with E-state index in [0.717, 1.165) is 32.8 Å². The largest absolute Gasteiger partial charge is 0.481 e. The summed E-state index contributed by atoms with van der Waals surface area (Å²) in [5.41, 5.74) is 0. The highest BCUT2D eigenvalue weighted by Gasteiger charge is 2.11. The summed E-state index contributed by atoms with van der Waals surface area (Å²) in [6.45, 7) is 4.42. The second-order valence-corrected chi connectivity index (χ2v) is 4.05. The van der Waals surface area contributed by atoms with Crippen LogP contribution in [0.5, 0.6) is 0 Å². The van der Waals surface area contributed by atoms with Crippen molar-refractivity contribution < 1.29 is 19.4 Å². The number of carboxylic acid groups (broad SMARTS) is 1. The van der Waals surface area contributed by atoms with Gasteiger partial charge in [0.2, 0.25) is 5.91 Å². The van der Waals surface area contributed by atoms with Gasteiger partial charge in [0.25, 0.3) is 0 Å². The maximum Gasteiger partial charge on any atom is 0.303 e. The van der Waals surface area contributed by atoms with Gasteiger partial charge in [-0.05, 0) is 6.42 Å². The molecule has 2 N–H and O–H groups in total.